The van der Waals surface area contributed by atoms with E-state index in [1.165, 1.54) is 0 Å². The van der Waals surface area contributed by atoms with Gasteiger partial charge in [-0.3, -0.25) is 0 Å². The fourth-order valence-corrected chi connectivity index (χ4v) is 3.89. The Morgan fingerprint density at radius 3 is 0.960 bits per heavy atom. The molecule has 0 aromatic rings. The molecule has 0 heterocycles. The lowest BCUT2D eigenvalue weighted by molar-refractivity contribution is -0.596. The van der Waals surface area contributed by atoms with Gasteiger partial charge in [0, 0.05) is 0 Å². The Balaban J connectivity index is 2.64. The van der Waals surface area contributed by atoms with Gasteiger partial charge in [-0.05, 0) is 0 Å². The van der Waals surface area contributed by atoms with E-state index in [1.54, 1.807) is 0 Å². The maximum absolute atomic E-state index is 14.1. The molecular weight excluding hydrogens is 402 g/mol. The third-order valence-corrected chi connectivity index (χ3v) is 5.11. The van der Waals surface area contributed by atoms with E-state index in [9.17, 15) is 61.5 Å². The van der Waals surface area contributed by atoms with E-state index in [1.807, 2.05) is 0 Å². The molecule has 4 aliphatic rings. The average molecular weight is 404 g/mol. The fourth-order valence-electron chi connectivity index (χ4n) is 3.89. The number of hydrogen-bond acceptors (Lipinski definition) is 1. The topological polar surface area (TPSA) is 20.2 Å². The number of hydrogen-bond donors (Lipinski definition) is 1. The molecule has 0 aromatic heterocycles. The number of alkyl halides is 14. The first-order chi connectivity index (χ1) is 10.6. The van der Waals surface area contributed by atoms with Crippen molar-refractivity contribution in [3.63, 3.8) is 0 Å². The van der Waals surface area contributed by atoms with E-state index < -0.39 is 58.4 Å². The smallest absolute Gasteiger partial charge is 0.339 e. The predicted molar refractivity (Wildman–Crippen MR) is 45.8 cm³/mol. The summed E-state index contributed by atoms with van der Waals surface area (Å²) in [5.41, 5.74) is -21.8. The zero-order valence-electron chi connectivity index (χ0n) is 10.8. The van der Waals surface area contributed by atoms with Crippen LogP contribution in [0.3, 0.4) is 0 Å². The Morgan fingerprint density at radius 1 is 0.440 bits per heavy atom. The molecule has 4 saturated carbocycles. The van der Waals surface area contributed by atoms with Crippen molar-refractivity contribution in [1.82, 2.24) is 0 Å². The highest BCUT2D eigenvalue weighted by atomic mass is 19.3. The minimum Gasteiger partial charge on any atom is -0.358 e. The minimum atomic E-state index is -7.59. The predicted octanol–water partition coefficient (Wildman–Crippen LogP) is 3.60. The van der Waals surface area contributed by atoms with Gasteiger partial charge in [0.2, 0.25) is 0 Å². The SMILES string of the molecule is OC1(F)C2C(F)(F)C3(F)C(F)(F)C1(F)C(F)(F)C(F)(C2(F)F)C3(F)F. The summed E-state index contributed by atoms with van der Waals surface area (Å²) in [7, 11) is 0. The molecule has 4 fully saturated rings. The van der Waals surface area contributed by atoms with Crippen LogP contribution in [0.1, 0.15) is 0 Å². The summed E-state index contributed by atoms with van der Waals surface area (Å²) in [6.07, 6.45) is 0. The third kappa shape index (κ3) is 1.05. The molecule has 4 rings (SSSR count). The van der Waals surface area contributed by atoms with Crippen LogP contribution >= 0.6 is 0 Å². The van der Waals surface area contributed by atoms with Gasteiger partial charge in [-0.2, -0.15) is 26.3 Å². The summed E-state index contributed by atoms with van der Waals surface area (Å²) in [4.78, 5) is 0. The molecule has 1 N–H and O–H groups in total. The first kappa shape index (κ1) is 18.8. The van der Waals surface area contributed by atoms with Crippen molar-refractivity contribution in [2.45, 2.75) is 52.5 Å². The second-order valence-corrected chi connectivity index (χ2v) is 6.05. The van der Waals surface area contributed by atoms with Gasteiger partial charge in [0.15, 0.2) is 5.92 Å². The maximum atomic E-state index is 14.1. The Hall–Kier alpha value is -1.02. The van der Waals surface area contributed by atoms with E-state index in [2.05, 4.69) is 0 Å². The van der Waals surface area contributed by atoms with Gasteiger partial charge in [-0.15, -0.1) is 0 Å². The third-order valence-electron chi connectivity index (χ3n) is 5.11. The lowest BCUT2D eigenvalue weighted by Gasteiger charge is -2.72. The lowest BCUT2D eigenvalue weighted by Crippen LogP contribution is -3.05. The molecule has 0 aromatic carbocycles. The number of aliphatic hydroxyl groups is 1. The molecular formula is C10H2F14O. The minimum absolute atomic E-state index is 5.63. The molecule has 4 aliphatic carbocycles. The normalized spacial score (nSPS) is 56.0. The van der Waals surface area contributed by atoms with Crippen LogP contribution in [0.5, 0.6) is 0 Å². The quantitative estimate of drug-likeness (QED) is 0.612. The molecule has 4 bridgehead atoms. The van der Waals surface area contributed by atoms with Gasteiger partial charge in [0.1, 0.15) is 0 Å². The number of halogens is 14. The molecule has 0 aliphatic heterocycles. The molecule has 0 radical (unpaired) electrons. The summed E-state index contributed by atoms with van der Waals surface area (Å²) >= 11 is 0. The molecule has 3 unspecified atom stereocenters. The Labute approximate surface area is 126 Å². The molecule has 25 heavy (non-hydrogen) atoms. The highest BCUT2D eigenvalue weighted by Crippen LogP contribution is 2.86. The van der Waals surface area contributed by atoms with Crippen LogP contribution in [0.4, 0.5) is 61.5 Å². The Bertz CT molecular complexity index is 556. The van der Waals surface area contributed by atoms with Crippen molar-refractivity contribution in [2.24, 2.45) is 5.92 Å². The van der Waals surface area contributed by atoms with Crippen LogP contribution in [0.15, 0.2) is 0 Å². The van der Waals surface area contributed by atoms with Crippen LogP contribution < -0.4 is 0 Å². The van der Waals surface area contributed by atoms with Crippen molar-refractivity contribution in [2.75, 3.05) is 0 Å². The molecule has 0 spiro atoms. The van der Waals surface area contributed by atoms with Gasteiger partial charge in [0.05, 0.1) is 0 Å². The van der Waals surface area contributed by atoms with Crippen molar-refractivity contribution >= 4 is 0 Å². The summed E-state index contributed by atoms with van der Waals surface area (Å²) in [6, 6.07) is 0. The van der Waals surface area contributed by atoms with E-state index in [0.717, 1.165) is 0 Å². The zero-order chi connectivity index (χ0) is 20.1. The molecule has 146 valence electrons. The monoisotopic (exact) mass is 404 g/mol. The van der Waals surface area contributed by atoms with Crippen molar-refractivity contribution < 1.29 is 66.6 Å². The fraction of sp³-hybridized carbons (Fsp3) is 1.00. The Morgan fingerprint density at radius 2 is 0.680 bits per heavy atom. The lowest BCUT2D eigenvalue weighted by atomic mass is 9.41. The summed E-state index contributed by atoms with van der Waals surface area (Å²) in [6.45, 7) is 0. The van der Waals surface area contributed by atoms with Crippen molar-refractivity contribution in [1.29, 1.82) is 0 Å². The second-order valence-electron chi connectivity index (χ2n) is 6.05. The van der Waals surface area contributed by atoms with Crippen molar-refractivity contribution in [3.8, 4) is 0 Å². The zero-order valence-corrected chi connectivity index (χ0v) is 10.8. The summed E-state index contributed by atoms with van der Waals surface area (Å²) in [5.74, 6) is -49.1. The summed E-state index contributed by atoms with van der Waals surface area (Å²) < 4.78 is 193. The van der Waals surface area contributed by atoms with Gasteiger partial charge in [0.25, 0.3) is 5.85 Å². The van der Waals surface area contributed by atoms with Gasteiger partial charge < -0.3 is 5.11 Å². The summed E-state index contributed by atoms with van der Waals surface area (Å²) in [5, 5.41) is 8.75. The first-order valence-electron chi connectivity index (χ1n) is 5.99. The van der Waals surface area contributed by atoms with Crippen molar-refractivity contribution in [3.05, 3.63) is 0 Å². The van der Waals surface area contributed by atoms with Crippen LogP contribution in [-0.2, 0) is 0 Å². The average Bonchev–Trinajstić information content (AvgIpc) is 2.38. The molecule has 1 nitrogen and oxygen atoms in total. The van der Waals surface area contributed by atoms with Gasteiger partial charge in [-0.1, -0.05) is 0 Å². The largest absolute Gasteiger partial charge is 0.358 e. The molecule has 15 heteroatoms. The van der Waals surface area contributed by atoms with Crippen LogP contribution in [0, 0.1) is 5.92 Å². The van der Waals surface area contributed by atoms with Gasteiger partial charge in [-0.25, -0.2) is 35.1 Å². The molecule has 0 saturated heterocycles. The van der Waals surface area contributed by atoms with E-state index >= 15 is 0 Å². The van der Waals surface area contributed by atoms with E-state index in [-0.39, 0.29) is 0 Å². The van der Waals surface area contributed by atoms with Gasteiger partial charge >= 0.3 is 46.6 Å². The highest BCUT2D eigenvalue weighted by molar-refractivity contribution is 5.49. The Kier molecular flexibility index (Phi) is 2.66. The van der Waals surface area contributed by atoms with Crippen LogP contribution in [0.25, 0.3) is 0 Å². The van der Waals surface area contributed by atoms with Crippen LogP contribution in [0.2, 0.25) is 0 Å². The highest BCUT2D eigenvalue weighted by Gasteiger charge is 3.18. The second kappa shape index (κ2) is 3.54. The van der Waals surface area contributed by atoms with Crippen LogP contribution in [-0.4, -0.2) is 57.6 Å². The first-order valence-corrected chi connectivity index (χ1v) is 5.99. The van der Waals surface area contributed by atoms with E-state index in [0.29, 0.717) is 0 Å². The number of rotatable bonds is 0. The molecule has 3 atom stereocenters. The van der Waals surface area contributed by atoms with E-state index in [4.69, 9.17) is 5.11 Å². The molecule has 0 amide bonds. The maximum Gasteiger partial charge on any atom is 0.339 e. The standard InChI is InChI=1S/C10H2F14O/c11-2(12)1-3(13,14)6(17)8(19,20)5(2,16)9(21,22)7(18,4(1,15)25)10(6,23)24/h1,25H.